The van der Waals surface area contributed by atoms with Crippen LogP contribution in [-0.4, -0.2) is 18.5 Å². The van der Waals surface area contributed by atoms with Crippen molar-refractivity contribution >= 4 is 5.91 Å². The van der Waals surface area contributed by atoms with Crippen LogP contribution in [0.5, 0.6) is 0 Å². The first-order valence-electron chi connectivity index (χ1n) is 7.06. The summed E-state index contributed by atoms with van der Waals surface area (Å²) in [6, 6.07) is 4.89. The van der Waals surface area contributed by atoms with Crippen LogP contribution in [0, 0.1) is 5.82 Å². The maximum absolute atomic E-state index is 13.2. The van der Waals surface area contributed by atoms with E-state index in [0.29, 0.717) is 0 Å². The fraction of sp³-hybridized carbons (Fsp3) is 0.533. The normalized spacial score (nSPS) is 25.9. The molecule has 1 aliphatic heterocycles. The van der Waals surface area contributed by atoms with Crippen molar-refractivity contribution in [1.29, 1.82) is 0 Å². The summed E-state index contributed by atoms with van der Waals surface area (Å²) >= 11 is 0. The summed E-state index contributed by atoms with van der Waals surface area (Å²) in [6.45, 7) is 0.921. The smallest absolute Gasteiger partial charge is 0.237 e. The predicted octanol–water partition coefficient (Wildman–Crippen LogP) is 2.07. The molecule has 0 bridgehead atoms. The van der Waals surface area contributed by atoms with E-state index in [1.165, 1.54) is 6.07 Å². The molecule has 0 saturated carbocycles. The highest BCUT2D eigenvalue weighted by molar-refractivity contribution is 5.82. The van der Waals surface area contributed by atoms with Gasteiger partial charge >= 0.3 is 0 Å². The van der Waals surface area contributed by atoms with Gasteiger partial charge in [0, 0.05) is 0 Å². The molecule has 0 radical (unpaired) electrons. The molecule has 1 fully saturated rings. The molecule has 2 N–H and O–H groups in total. The van der Waals surface area contributed by atoms with Gasteiger partial charge in [-0.2, -0.15) is 0 Å². The maximum atomic E-state index is 13.2. The van der Waals surface area contributed by atoms with E-state index in [1.807, 2.05) is 6.07 Å². The third kappa shape index (κ3) is 2.63. The zero-order valence-corrected chi connectivity index (χ0v) is 10.9. The molecular weight excluding hydrogens is 243 g/mol. The Morgan fingerprint density at radius 1 is 1.32 bits per heavy atom. The number of benzene rings is 1. The molecule has 4 heteroatoms. The Morgan fingerprint density at radius 2 is 2.21 bits per heavy atom. The topological polar surface area (TPSA) is 41.1 Å². The number of carbonyl (C=O) groups excluding carboxylic acids is 1. The Morgan fingerprint density at radius 3 is 3.00 bits per heavy atom. The minimum atomic E-state index is -0.191. The lowest BCUT2D eigenvalue weighted by molar-refractivity contribution is -0.123. The molecule has 0 unspecified atom stereocenters. The van der Waals surface area contributed by atoms with Gasteiger partial charge in [-0.15, -0.1) is 0 Å². The van der Waals surface area contributed by atoms with Gasteiger partial charge < -0.3 is 10.6 Å². The lowest BCUT2D eigenvalue weighted by Crippen LogP contribution is -2.42. The highest BCUT2D eigenvalue weighted by Crippen LogP contribution is 2.30. The zero-order chi connectivity index (χ0) is 13.2. The largest absolute Gasteiger partial charge is 0.348 e. The van der Waals surface area contributed by atoms with Crippen molar-refractivity contribution < 1.29 is 9.18 Å². The summed E-state index contributed by atoms with van der Waals surface area (Å²) in [5.41, 5.74) is 2.12. The first kappa shape index (κ1) is 12.6. The Labute approximate surface area is 112 Å². The molecule has 3 rings (SSSR count). The van der Waals surface area contributed by atoms with E-state index in [-0.39, 0.29) is 23.8 Å². The van der Waals surface area contributed by atoms with E-state index < -0.39 is 0 Å². The molecule has 19 heavy (non-hydrogen) atoms. The number of aryl methyl sites for hydroxylation is 1. The van der Waals surface area contributed by atoms with Crippen LogP contribution in [0.4, 0.5) is 4.39 Å². The summed E-state index contributed by atoms with van der Waals surface area (Å²) < 4.78 is 13.2. The molecular formula is C15H19FN2O. The molecule has 1 aliphatic carbocycles. The number of carbonyl (C=O) groups is 1. The molecule has 1 saturated heterocycles. The van der Waals surface area contributed by atoms with Crippen LogP contribution in [0.1, 0.15) is 42.9 Å². The third-order valence-corrected chi connectivity index (χ3v) is 4.11. The molecule has 1 aromatic rings. The van der Waals surface area contributed by atoms with E-state index in [4.69, 9.17) is 0 Å². The second-order valence-electron chi connectivity index (χ2n) is 5.45. The molecule has 0 aromatic heterocycles. The summed E-state index contributed by atoms with van der Waals surface area (Å²) in [7, 11) is 0. The van der Waals surface area contributed by atoms with Crippen LogP contribution in [0.15, 0.2) is 18.2 Å². The molecule has 2 atom stereocenters. The quantitative estimate of drug-likeness (QED) is 0.856. The van der Waals surface area contributed by atoms with Crippen LogP contribution in [0.2, 0.25) is 0 Å². The number of nitrogens with one attached hydrogen (secondary N) is 2. The summed E-state index contributed by atoms with van der Waals surface area (Å²) in [6.07, 6.45) is 4.82. The Kier molecular flexibility index (Phi) is 3.51. The zero-order valence-electron chi connectivity index (χ0n) is 10.9. The van der Waals surface area contributed by atoms with E-state index >= 15 is 0 Å². The number of fused-ring (bicyclic) bond motifs is 1. The van der Waals surface area contributed by atoms with Gasteiger partial charge in [0.2, 0.25) is 5.91 Å². The number of hydrogen-bond acceptors (Lipinski definition) is 2. The van der Waals surface area contributed by atoms with Crippen LogP contribution in [0.3, 0.4) is 0 Å². The minimum absolute atomic E-state index is 0.0410. The molecule has 2 aliphatic rings. The van der Waals surface area contributed by atoms with Crippen molar-refractivity contribution in [3.05, 3.63) is 35.1 Å². The van der Waals surface area contributed by atoms with Gasteiger partial charge in [-0.1, -0.05) is 6.07 Å². The van der Waals surface area contributed by atoms with Crippen LogP contribution in [-0.2, 0) is 11.2 Å². The monoisotopic (exact) mass is 262 g/mol. The molecule has 1 amide bonds. The van der Waals surface area contributed by atoms with Crippen molar-refractivity contribution in [3.8, 4) is 0 Å². The number of hydrogen-bond donors (Lipinski definition) is 2. The first-order chi connectivity index (χ1) is 9.24. The van der Waals surface area contributed by atoms with E-state index in [2.05, 4.69) is 10.6 Å². The van der Waals surface area contributed by atoms with Gasteiger partial charge in [0.15, 0.2) is 0 Å². The SMILES string of the molecule is O=C(N[C@H]1CCCc2cc(F)ccc21)[C@H]1CCCN1. The molecule has 3 nitrogen and oxygen atoms in total. The fourth-order valence-corrected chi connectivity index (χ4v) is 3.11. The highest BCUT2D eigenvalue weighted by Gasteiger charge is 2.27. The van der Waals surface area contributed by atoms with Gasteiger partial charge in [0.1, 0.15) is 5.82 Å². The highest BCUT2D eigenvalue weighted by atomic mass is 19.1. The van der Waals surface area contributed by atoms with Crippen molar-refractivity contribution in [3.63, 3.8) is 0 Å². The number of rotatable bonds is 2. The average molecular weight is 262 g/mol. The standard InChI is InChI=1S/C15H19FN2O/c16-11-6-7-12-10(9-11)3-1-4-13(12)18-15(19)14-5-2-8-17-14/h6-7,9,13-14,17H,1-5,8H2,(H,18,19)/t13-,14+/m0/s1. The van der Waals surface area contributed by atoms with Crippen LogP contribution < -0.4 is 10.6 Å². The molecule has 102 valence electrons. The lowest BCUT2D eigenvalue weighted by atomic mass is 9.87. The van der Waals surface area contributed by atoms with Gasteiger partial charge in [0.25, 0.3) is 0 Å². The Hall–Kier alpha value is -1.42. The van der Waals surface area contributed by atoms with Crippen molar-refractivity contribution in [2.45, 2.75) is 44.2 Å². The Bertz CT molecular complexity index is 483. The van der Waals surface area contributed by atoms with Crippen molar-refractivity contribution in [2.75, 3.05) is 6.54 Å². The Balaban J connectivity index is 1.74. The molecule has 1 heterocycles. The van der Waals surface area contributed by atoms with Gasteiger partial charge in [-0.05, 0) is 61.9 Å². The summed E-state index contributed by atoms with van der Waals surface area (Å²) in [4.78, 5) is 12.1. The molecule has 0 spiro atoms. The lowest BCUT2D eigenvalue weighted by Gasteiger charge is -2.27. The second kappa shape index (κ2) is 5.29. The van der Waals surface area contributed by atoms with E-state index in [0.717, 1.165) is 49.8 Å². The van der Waals surface area contributed by atoms with Gasteiger partial charge in [-0.25, -0.2) is 4.39 Å². The van der Waals surface area contributed by atoms with Gasteiger partial charge in [-0.3, -0.25) is 4.79 Å². The van der Waals surface area contributed by atoms with Gasteiger partial charge in [0.05, 0.1) is 12.1 Å². The van der Waals surface area contributed by atoms with Crippen LogP contribution >= 0.6 is 0 Å². The van der Waals surface area contributed by atoms with Crippen molar-refractivity contribution in [2.24, 2.45) is 0 Å². The van der Waals surface area contributed by atoms with E-state index in [1.54, 1.807) is 6.07 Å². The molecule has 1 aromatic carbocycles. The average Bonchev–Trinajstić information content (AvgIpc) is 2.92. The second-order valence-corrected chi connectivity index (χ2v) is 5.45. The third-order valence-electron chi connectivity index (χ3n) is 4.11. The number of amides is 1. The minimum Gasteiger partial charge on any atom is -0.348 e. The number of halogens is 1. The first-order valence-corrected chi connectivity index (χ1v) is 7.06. The van der Waals surface area contributed by atoms with Crippen molar-refractivity contribution in [1.82, 2.24) is 10.6 Å². The summed E-state index contributed by atoms with van der Waals surface area (Å²) in [5.74, 6) is -0.108. The van der Waals surface area contributed by atoms with E-state index in [9.17, 15) is 9.18 Å². The van der Waals surface area contributed by atoms with Crippen LogP contribution in [0.25, 0.3) is 0 Å². The predicted molar refractivity (Wildman–Crippen MR) is 71.2 cm³/mol. The fourth-order valence-electron chi connectivity index (χ4n) is 3.11. The summed E-state index contributed by atoms with van der Waals surface area (Å²) in [5, 5.41) is 6.32. The maximum Gasteiger partial charge on any atom is 0.237 e.